The number of amides is 3. The molecule has 1 unspecified atom stereocenters. The van der Waals surface area contributed by atoms with E-state index in [0.717, 1.165) is 13.1 Å². The summed E-state index contributed by atoms with van der Waals surface area (Å²) in [6.07, 6.45) is 7.59. The van der Waals surface area contributed by atoms with Gasteiger partial charge in [-0.3, -0.25) is 4.79 Å². The quantitative estimate of drug-likeness (QED) is 0.855. The minimum atomic E-state index is 0.0432. The molecule has 0 bridgehead atoms. The topological polar surface area (TPSA) is 52.7 Å². The van der Waals surface area contributed by atoms with Crippen molar-refractivity contribution in [2.45, 2.75) is 44.6 Å². The highest BCUT2D eigenvalue weighted by Crippen LogP contribution is 2.45. The van der Waals surface area contributed by atoms with Crippen molar-refractivity contribution in [1.82, 2.24) is 15.1 Å². The van der Waals surface area contributed by atoms with Crippen LogP contribution in [-0.4, -0.2) is 54.0 Å². The Morgan fingerprint density at radius 2 is 1.76 bits per heavy atom. The van der Waals surface area contributed by atoms with Gasteiger partial charge in [0.05, 0.1) is 6.04 Å². The Hall–Kier alpha value is -1.26. The maximum atomic E-state index is 13.0. The fourth-order valence-electron chi connectivity index (χ4n) is 4.40. The molecule has 1 atom stereocenters. The third-order valence-electron chi connectivity index (χ3n) is 6.14. The van der Waals surface area contributed by atoms with Crippen LogP contribution in [-0.2, 0) is 4.79 Å². The van der Waals surface area contributed by atoms with Gasteiger partial charge in [0.15, 0.2) is 0 Å². The van der Waals surface area contributed by atoms with E-state index in [1.165, 1.54) is 38.5 Å². The van der Waals surface area contributed by atoms with E-state index in [-0.39, 0.29) is 18.0 Å². The second kappa shape index (κ2) is 5.18. The summed E-state index contributed by atoms with van der Waals surface area (Å²) in [5.74, 6) is 1.96. The summed E-state index contributed by atoms with van der Waals surface area (Å²) in [6.45, 7) is 2.84. The summed E-state index contributed by atoms with van der Waals surface area (Å²) in [5, 5.41) is 2.89. The number of hydrogen-bond acceptors (Lipinski definition) is 2. The van der Waals surface area contributed by atoms with Crippen molar-refractivity contribution >= 4 is 11.9 Å². The van der Waals surface area contributed by atoms with Crippen LogP contribution in [0.1, 0.15) is 38.5 Å². The molecule has 4 rings (SSSR count). The highest BCUT2D eigenvalue weighted by atomic mass is 16.2. The van der Waals surface area contributed by atoms with Gasteiger partial charge >= 0.3 is 6.03 Å². The van der Waals surface area contributed by atoms with Gasteiger partial charge < -0.3 is 15.1 Å². The Labute approximate surface area is 126 Å². The molecule has 21 heavy (non-hydrogen) atoms. The van der Waals surface area contributed by atoms with Crippen LogP contribution < -0.4 is 5.32 Å². The maximum absolute atomic E-state index is 13.0. The lowest BCUT2D eigenvalue weighted by Crippen LogP contribution is -2.56. The maximum Gasteiger partial charge on any atom is 0.317 e. The van der Waals surface area contributed by atoms with Crippen molar-refractivity contribution in [3.8, 4) is 0 Å². The first-order valence-electron chi connectivity index (χ1n) is 8.57. The number of nitrogens with one attached hydrogen (secondary N) is 1. The molecule has 0 spiro atoms. The van der Waals surface area contributed by atoms with Crippen LogP contribution in [0.4, 0.5) is 4.79 Å². The molecule has 0 aromatic carbocycles. The van der Waals surface area contributed by atoms with Crippen LogP contribution in [0.2, 0.25) is 0 Å². The number of piperazine rings is 1. The van der Waals surface area contributed by atoms with Crippen LogP contribution >= 0.6 is 0 Å². The van der Waals surface area contributed by atoms with Crippen LogP contribution in [0.3, 0.4) is 0 Å². The largest absolute Gasteiger partial charge is 0.339 e. The molecule has 0 aromatic heterocycles. The highest BCUT2D eigenvalue weighted by molar-refractivity contribution is 5.81. The molecule has 2 aliphatic carbocycles. The molecular weight excluding hydrogens is 266 g/mol. The molecule has 1 N–H and O–H groups in total. The van der Waals surface area contributed by atoms with E-state index in [9.17, 15) is 9.59 Å². The lowest BCUT2D eigenvalue weighted by atomic mass is 9.64. The third-order valence-corrected chi connectivity index (χ3v) is 6.14. The van der Waals surface area contributed by atoms with E-state index >= 15 is 0 Å². The number of urea groups is 1. The van der Waals surface area contributed by atoms with Crippen molar-refractivity contribution < 1.29 is 9.59 Å². The number of rotatable bonds is 3. The predicted molar refractivity (Wildman–Crippen MR) is 78.6 cm³/mol. The molecule has 5 heteroatoms. The van der Waals surface area contributed by atoms with Crippen LogP contribution in [0.25, 0.3) is 0 Å². The zero-order valence-corrected chi connectivity index (χ0v) is 12.6. The molecule has 0 aromatic rings. The second-order valence-electron chi connectivity index (χ2n) is 7.23. The first-order chi connectivity index (χ1) is 10.2. The molecule has 4 aliphatic rings. The van der Waals surface area contributed by atoms with Gasteiger partial charge in [-0.1, -0.05) is 12.8 Å². The van der Waals surface area contributed by atoms with Gasteiger partial charge in [-0.05, 0) is 37.5 Å². The second-order valence-corrected chi connectivity index (χ2v) is 7.23. The summed E-state index contributed by atoms with van der Waals surface area (Å²) >= 11 is 0. The lowest BCUT2D eigenvalue weighted by molar-refractivity contribution is -0.145. The number of hydrogen-bond donors (Lipinski definition) is 1. The third kappa shape index (κ3) is 2.21. The minimum absolute atomic E-state index is 0.0432. The SMILES string of the molecule is O=C(C(C1CCC1)C1CCC1)N1CCN2C(=O)NCC2C1. The monoisotopic (exact) mass is 291 g/mol. The molecule has 5 nitrogen and oxygen atoms in total. The molecule has 0 radical (unpaired) electrons. The number of fused-ring (bicyclic) bond motifs is 1. The first-order valence-corrected chi connectivity index (χ1v) is 8.57. The normalized spacial score (nSPS) is 30.0. The van der Waals surface area contributed by atoms with Gasteiger partial charge in [-0.15, -0.1) is 0 Å². The molecule has 2 saturated heterocycles. The fraction of sp³-hybridized carbons (Fsp3) is 0.875. The zero-order valence-electron chi connectivity index (χ0n) is 12.6. The molecule has 4 fully saturated rings. The molecule has 2 aliphatic heterocycles. The molecule has 3 amide bonds. The van der Waals surface area contributed by atoms with E-state index in [0.29, 0.717) is 30.8 Å². The number of nitrogens with zero attached hydrogens (tertiary/aromatic N) is 2. The van der Waals surface area contributed by atoms with Crippen molar-refractivity contribution in [2.75, 3.05) is 26.2 Å². The van der Waals surface area contributed by atoms with Gasteiger partial charge in [0.25, 0.3) is 0 Å². The zero-order chi connectivity index (χ0) is 14.4. The summed E-state index contributed by atoms with van der Waals surface area (Å²) in [6, 6.07) is 0.236. The fourth-order valence-corrected chi connectivity index (χ4v) is 4.40. The smallest absolute Gasteiger partial charge is 0.317 e. The Morgan fingerprint density at radius 1 is 1.10 bits per heavy atom. The Kier molecular flexibility index (Phi) is 3.31. The standard InChI is InChI=1S/C16H25N3O2/c20-15(14(11-3-1-4-11)12-5-2-6-12)18-7-8-19-13(10-18)9-17-16(19)21/h11-14H,1-10H2,(H,17,21). The van der Waals surface area contributed by atoms with Gasteiger partial charge in [-0.2, -0.15) is 0 Å². The summed E-state index contributed by atoms with van der Waals surface area (Å²) < 4.78 is 0. The highest BCUT2D eigenvalue weighted by Gasteiger charge is 2.44. The van der Waals surface area contributed by atoms with Gasteiger partial charge in [0, 0.05) is 32.1 Å². The average Bonchev–Trinajstić information content (AvgIpc) is 2.74. The predicted octanol–water partition coefficient (Wildman–Crippen LogP) is 1.44. The number of carbonyl (C=O) groups is 2. The van der Waals surface area contributed by atoms with Crippen molar-refractivity contribution in [1.29, 1.82) is 0 Å². The summed E-state index contributed by atoms with van der Waals surface area (Å²) in [5.41, 5.74) is 0. The molecular formula is C16H25N3O2. The summed E-state index contributed by atoms with van der Waals surface area (Å²) in [7, 11) is 0. The van der Waals surface area contributed by atoms with Gasteiger partial charge in [0.1, 0.15) is 0 Å². The van der Waals surface area contributed by atoms with E-state index in [1.54, 1.807) is 0 Å². The van der Waals surface area contributed by atoms with Gasteiger partial charge in [-0.25, -0.2) is 4.79 Å². The Balaban J connectivity index is 1.44. The van der Waals surface area contributed by atoms with Crippen molar-refractivity contribution in [3.63, 3.8) is 0 Å². The van der Waals surface area contributed by atoms with E-state index in [4.69, 9.17) is 0 Å². The van der Waals surface area contributed by atoms with E-state index in [2.05, 4.69) is 10.2 Å². The van der Waals surface area contributed by atoms with Gasteiger partial charge in [0.2, 0.25) is 5.91 Å². The first kappa shape index (κ1) is 13.4. The lowest BCUT2D eigenvalue weighted by Gasteiger charge is -2.45. The molecule has 2 saturated carbocycles. The Bertz CT molecular complexity index is 431. The Morgan fingerprint density at radius 3 is 2.33 bits per heavy atom. The van der Waals surface area contributed by atoms with Crippen LogP contribution in [0.15, 0.2) is 0 Å². The number of carbonyl (C=O) groups excluding carboxylic acids is 2. The summed E-state index contributed by atoms with van der Waals surface area (Å²) in [4.78, 5) is 28.6. The minimum Gasteiger partial charge on any atom is -0.339 e. The van der Waals surface area contributed by atoms with Crippen molar-refractivity contribution in [3.05, 3.63) is 0 Å². The molecule has 2 heterocycles. The van der Waals surface area contributed by atoms with Crippen molar-refractivity contribution in [2.24, 2.45) is 17.8 Å². The van der Waals surface area contributed by atoms with E-state index < -0.39 is 0 Å². The average molecular weight is 291 g/mol. The van der Waals surface area contributed by atoms with Crippen LogP contribution in [0.5, 0.6) is 0 Å². The van der Waals surface area contributed by atoms with Crippen LogP contribution in [0, 0.1) is 17.8 Å². The molecule has 116 valence electrons. The van der Waals surface area contributed by atoms with E-state index in [1.807, 2.05) is 4.90 Å².